The maximum atomic E-state index is 12.2. The summed E-state index contributed by atoms with van der Waals surface area (Å²) in [6.07, 6.45) is 0. The molecule has 1 aliphatic rings. The van der Waals surface area contributed by atoms with Crippen molar-refractivity contribution in [3.63, 3.8) is 0 Å². The van der Waals surface area contributed by atoms with E-state index < -0.39 is 6.03 Å². The first-order valence-corrected chi connectivity index (χ1v) is 8.71. The Morgan fingerprint density at radius 2 is 1.92 bits per heavy atom. The van der Waals surface area contributed by atoms with Crippen LogP contribution >= 0.6 is 11.6 Å². The predicted molar refractivity (Wildman–Crippen MR) is 103 cm³/mol. The number of anilines is 3. The molecule has 0 radical (unpaired) electrons. The van der Waals surface area contributed by atoms with Crippen LogP contribution in [0.15, 0.2) is 42.5 Å². The minimum absolute atomic E-state index is 0.0295. The first kappa shape index (κ1) is 18.1. The van der Waals surface area contributed by atoms with Crippen LogP contribution in [-0.2, 0) is 4.79 Å². The van der Waals surface area contributed by atoms with E-state index in [1.54, 1.807) is 47.4 Å². The topological polar surface area (TPSA) is 70.7 Å². The molecule has 0 saturated carbocycles. The highest BCUT2D eigenvalue weighted by molar-refractivity contribution is 6.30. The highest BCUT2D eigenvalue weighted by Gasteiger charge is 2.26. The molecule has 0 saturated heterocycles. The Balaban J connectivity index is 1.76. The Labute approximate surface area is 157 Å². The van der Waals surface area contributed by atoms with Crippen LogP contribution in [0.3, 0.4) is 0 Å². The van der Waals surface area contributed by atoms with E-state index in [0.717, 1.165) is 0 Å². The lowest BCUT2D eigenvalue weighted by atomic mass is 10.1. The van der Waals surface area contributed by atoms with Crippen LogP contribution in [0.1, 0.15) is 13.8 Å². The lowest BCUT2D eigenvalue weighted by Gasteiger charge is -2.31. The summed E-state index contributed by atoms with van der Waals surface area (Å²) in [7, 11) is 0. The number of fused-ring (bicyclic) bond motifs is 1. The Morgan fingerprint density at radius 3 is 2.62 bits per heavy atom. The van der Waals surface area contributed by atoms with Crippen molar-refractivity contribution in [2.24, 2.45) is 5.92 Å². The number of amides is 3. The summed E-state index contributed by atoms with van der Waals surface area (Å²) in [6.45, 7) is 4.71. The minimum atomic E-state index is -0.398. The summed E-state index contributed by atoms with van der Waals surface area (Å²) < 4.78 is 5.48. The summed E-state index contributed by atoms with van der Waals surface area (Å²) in [5.74, 6) is 0.852. The predicted octanol–water partition coefficient (Wildman–Crippen LogP) is 4.37. The minimum Gasteiger partial charge on any atom is -0.482 e. The molecule has 0 bridgehead atoms. The molecule has 26 heavy (non-hydrogen) atoms. The Kier molecular flexibility index (Phi) is 5.32. The molecule has 1 aliphatic heterocycles. The third-order valence-corrected chi connectivity index (χ3v) is 4.03. The van der Waals surface area contributed by atoms with Gasteiger partial charge in [-0.1, -0.05) is 31.5 Å². The Hall–Kier alpha value is -2.73. The number of urea groups is 1. The zero-order valence-corrected chi connectivity index (χ0v) is 15.3. The lowest BCUT2D eigenvalue weighted by molar-refractivity contribution is -0.121. The van der Waals surface area contributed by atoms with Gasteiger partial charge in [-0.25, -0.2) is 4.79 Å². The van der Waals surface area contributed by atoms with E-state index in [0.29, 0.717) is 40.3 Å². The number of nitrogens with zero attached hydrogens (tertiary/aromatic N) is 1. The molecule has 2 aromatic rings. The largest absolute Gasteiger partial charge is 0.482 e. The second-order valence-corrected chi connectivity index (χ2v) is 6.90. The summed E-state index contributed by atoms with van der Waals surface area (Å²) in [4.78, 5) is 26.1. The number of carbonyl (C=O) groups is 2. The van der Waals surface area contributed by atoms with Crippen LogP contribution in [0.25, 0.3) is 0 Å². The molecule has 0 aliphatic carbocycles. The summed E-state index contributed by atoms with van der Waals surface area (Å²) in [5.41, 5.74) is 1.82. The van der Waals surface area contributed by atoms with E-state index in [1.807, 2.05) is 13.8 Å². The van der Waals surface area contributed by atoms with Gasteiger partial charge >= 0.3 is 6.03 Å². The molecular weight excluding hydrogens is 354 g/mol. The molecule has 136 valence electrons. The monoisotopic (exact) mass is 373 g/mol. The SMILES string of the molecule is CC(C)CN1C(=O)COc2ccc(NC(=O)Nc3cccc(Cl)c3)cc21. The molecular formula is C19H20ClN3O3. The molecule has 2 N–H and O–H groups in total. The molecule has 3 rings (SSSR count). The van der Waals surface area contributed by atoms with Gasteiger partial charge in [0.25, 0.3) is 5.91 Å². The number of ether oxygens (including phenoxy) is 1. The van der Waals surface area contributed by atoms with Gasteiger partial charge in [-0.3, -0.25) is 4.79 Å². The molecule has 0 aromatic heterocycles. The van der Waals surface area contributed by atoms with Gasteiger partial charge in [0.15, 0.2) is 6.61 Å². The van der Waals surface area contributed by atoms with Gasteiger partial charge in [-0.15, -0.1) is 0 Å². The zero-order chi connectivity index (χ0) is 18.7. The molecule has 0 unspecified atom stereocenters. The van der Waals surface area contributed by atoms with Crippen molar-refractivity contribution in [1.82, 2.24) is 0 Å². The van der Waals surface area contributed by atoms with Gasteiger partial charge in [0.2, 0.25) is 0 Å². The molecule has 7 heteroatoms. The van der Waals surface area contributed by atoms with Crippen LogP contribution in [0.4, 0.5) is 21.9 Å². The summed E-state index contributed by atoms with van der Waals surface area (Å²) in [6, 6.07) is 11.7. The van der Waals surface area contributed by atoms with Crippen LogP contribution < -0.4 is 20.3 Å². The standard InChI is InChI=1S/C19H20ClN3O3/c1-12(2)10-23-16-9-15(6-7-17(16)26-11-18(23)24)22-19(25)21-14-5-3-4-13(20)8-14/h3-9,12H,10-11H2,1-2H3,(H2,21,22,25). The molecule has 0 spiro atoms. The van der Waals surface area contributed by atoms with Crippen molar-refractivity contribution in [1.29, 1.82) is 0 Å². The van der Waals surface area contributed by atoms with Gasteiger partial charge in [0.1, 0.15) is 5.75 Å². The number of halogens is 1. The van der Waals surface area contributed by atoms with Crippen LogP contribution in [0.5, 0.6) is 5.75 Å². The van der Waals surface area contributed by atoms with E-state index >= 15 is 0 Å². The van der Waals surface area contributed by atoms with Gasteiger partial charge < -0.3 is 20.3 Å². The Bertz CT molecular complexity index is 839. The second-order valence-electron chi connectivity index (χ2n) is 6.46. The number of benzene rings is 2. The number of carbonyl (C=O) groups excluding carboxylic acids is 2. The average molecular weight is 374 g/mol. The highest BCUT2D eigenvalue weighted by atomic mass is 35.5. The first-order chi connectivity index (χ1) is 12.4. The van der Waals surface area contributed by atoms with Crippen molar-refractivity contribution in [2.45, 2.75) is 13.8 Å². The maximum Gasteiger partial charge on any atom is 0.323 e. The highest BCUT2D eigenvalue weighted by Crippen LogP contribution is 2.35. The normalized spacial score (nSPS) is 13.2. The molecule has 0 atom stereocenters. The lowest BCUT2D eigenvalue weighted by Crippen LogP contribution is -2.41. The number of rotatable bonds is 4. The van der Waals surface area contributed by atoms with Crippen molar-refractivity contribution in [2.75, 3.05) is 28.7 Å². The number of hydrogen-bond donors (Lipinski definition) is 2. The third kappa shape index (κ3) is 4.26. The van der Waals surface area contributed by atoms with Crippen molar-refractivity contribution < 1.29 is 14.3 Å². The molecule has 1 heterocycles. The zero-order valence-electron chi connectivity index (χ0n) is 14.6. The van der Waals surface area contributed by atoms with E-state index in [-0.39, 0.29) is 12.5 Å². The fourth-order valence-electron chi connectivity index (χ4n) is 2.70. The fourth-order valence-corrected chi connectivity index (χ4v) is 2.90. The second kappa shape index (κ2) is 7.66. The van der Waals surface area contributed by atoms with Gasteiger partial charge in [-0.05, 0) is 42.3 Å². The fraction of sp³-hybridized carbons (Fsp3) is 0.263. The Morgan fingerprint density at radius 1 is 1.19 bits per heavy atom. The number of nitrogens with one attached hydrogen (secondary N) is 2. The van der Waals surface area contributed by atoms with E-state index in [4.69, 9.17) is 16.3 Å². The average Bonchev–Trinajstić information content (AvgIpc) is 2.57. The summed E-state index contributed by atoms with van der Waals surface area (Å²) in [5, 5.41) is 6.02. The van der Waals surface area contributed by atoms with Crippen LogP contribution in [0.2, 0.25) is 5.02 Å². The molecule has 3 amide bonds. The van der Waals surface area contributed by atoms with Crippen molar-refractivity contribution in [3.05, 3.63) is 47.5 Å². The summed E-state index contributed by atoms with van der Waals surface area (Å²) >= 11 is 5.92. The molecule has 6 nitrogen and oxygen atoms in total. The van der Waals surface area contributed by atoms with E-state index in [9.17, 15) is 9.59 Å². The van der Waals surface area contributed by atoms with Gasteiger partial charge in [0, 0.05) is 22.9 Å². The van der Waals surface area contributed by atoms with Crippen LogP contribution in [0, 0.1) is 5.92 Å². The van der Waals surface area contributed by atoms with E-state index in [1.165, 1.54) is 0 Å². The third-order valence-electron chi connectivity index (χ3n) is 3.79. The first-order valence-electron chi connectivity index (χ1n) is 8.33. The number of hydrogen-bond acceptors (Lipinski definition) is 3. The maximum absolute atomic E-state index is 12.2. The molecule has 2 aromatic carbocycles. The van der Waals surface area contributed by atoms with Gasteiger partial charge in [-0.2, -0.15) is 0 Å². The quantitative estimate of drug-likeness (QED) is 0.836. The van der Waals surface area contributed by atoms with Crippen molar-refractivity contribution in [3.8, 4) is 5.75 Å². The van der Waals surface area contributed by atoms with Crippen LogP contribution in [-0.4, -0.2) is 25.1 Å². The smallest absolute Gasteiger partial charge is 0.323 e. The van der Waals surface area contributed by atoms with E-state index in [2.05, 4.69) is 10.6 Å². The van der Waals surface area contributed by atoms with Gasteiger partial charge in [0.05, 0.1) is 5.69 Å². The van der Waals surface area contributed by atoms with Crippen molar-refractivity contribution >= 4 is 40.6 Å². The molecule has 0 fully saturated rings.